The summed E-state index contributed by atoms with van der Waals surface area (Å²) >= 11 is 1.78. The molecule has 5 heteroatoms. The van der Waals surface area contributed by atoms with Crippen molar-refractivity contribution < 1.29 is 9.47 Å². The zero-order valence-electron chi connectivity index (χ0n) is 13.6. The topological polar surface area (TPSA) is 43.4 Å². The Morgan fingerprint density at radius 2 is 2.38 bits per heavy atom. The molecule has 0 spiro atoms. The van der Waals surface area contributed by atoms with E-state index in [1.807, 2.05) is 0 Å². The number of hydrogen-bond donors (Lipinski definition) is 1. The summed E-state index contributed by atoms with van der Waals surface area (Å²) in [6.07, 6.45) is 3.35. The van der Waals surface area contributed by atoms with Crippen LogP contribution in [-0.2, 0) is 15.0 Å². The van der Waals surface area contributed by atoms with Crippen LogP contribution in [-0.4, -0.2) is 38.0 Å². The largest absolute Gasteiger partial charge is 0.383 e. The quantitative estimate of drug-likeness (QED) is 0.785. The van der Waals surface area contributed by atoms with Crippen molar-refractivity contribution in [2.75, 3.05) is 26.9 Å². The van der Waals surface area contributed by atoms with Gasteiger partial charge in [0.25, 0.3) is 0 Å². The lowest BCUT2D eigenvalue weighted by Crippen LogP contribution is -2.50. The SMILES string of the molecule is CCC1CC(NCCOC)(c2nc(C(C)C)cs2)CCO1. The maximum atomic E-state index is 5.87. The monoisotopic (exact) mass is 312 g/mol. The number of nitrogens with zero attached hydrogens (tertiary/aromatic N) is 1. The van der Waals surface area contributed by atoms with E-state index in [4.69, 9.17) is 14.5 Å². The summed E-state index contributed by atoms with van der Waals surface area (Å²) in [7, 11) is 1.74. The van der Waals surface area contributed by atoms with E-state index < -0.39 is 0 Å². The van der Waals surface area contributed by atoms with Gasteiger partial charge in [0.2, 0.25) is 0 Å². The number of aromatic nitrogens is 1. The molecule has 1 aromatic rings. The van der Waals surface area contributed by atoms with Crippen LogP contribution < -0.4 is 5.32 Å². The van der Waals surface area contributed by atoms with E-state index in [0.29, 0.717) is 12.0 Å². The Kier molecular flexibility index (Phi) is 6.17. The minimum atomic E-state index is -0.0464. The molecule has 2 unspecified atom stereocenters. The maximum absolute atomic E-state index is 5.87. The summed E-state index contributed by atoms with van der Waals surface area (Å²) in [4.78, 5) is 4.91. The Bertz CT molecular complexity index is 436. The highest BCUT2D eigenvalue weighted by Gasteiger charge is 2.40. The molecule has 0 aromatic carbocycles. The van der Waals surface area contributed by atoms with Crippen molar-refractivity contribution in [1.29, 1.82) is 0 Å². The smallest absolute Gasteiger partial charge is 0.113 e. The molecule has 4 nitrogen and oxygen atoms in total. The van der Waals surface area contributed by atoms with Crippen LogP contribution in [0.2, 0.25) is 0 Å². The van der Waals surface area contributed by atoms with Gasteiger partial charge in [0.15, 0.2) is 0 Å². The fourth-order valence-electron chi connectivity index (χ4n) is 2.81. The minimum Gasteiger partial charge on any atom is -0.383 e. The molecular formula is C16H28N2O2S. The van der Waals surface area contributed by atoms with E-state index in [2.05, 4.69) is 31.5 Å². The van der Waals surface area contributed by atoms with Crippen LogP contribution >= 0.6 is 11.3 Å². The van der Waals surface area contributed by atoms with Crippen molar-refractivity contribution in [3.8, 4) is 0 Å². The van der Waals surface area contributed by atoms with Crippen molar-refractivity contribution in [3.05, 3.63) is 16.1 Å². The van der Waals surface area contributed by atoms with Gasteiger partial charge in [-0.05, 0) is 25.2 Å². The van der Waals surface area contributed by atoms with Gasteiger partial charge < -0.3 is 14.8 Å². The van der Waals surface area contributed by atoms with E-state index in [1.165, 1.54) is 10.7 Å². The molecule has 21 heavy (non-hydrogen) atoms. The predicted molar refractivity (Wildman–Crippen MR) is 87.0 cm³/mol. The average Bonchev–Trinajstić information content (AvgIpc) is 2.98. The zero-order chi connectivity index (χ0) is 15.3. The van der Waals surface area contributed by atoms with Crippen LogP contribution in [0.15, 0.2) is 5.38 Å². The van der Waals surface area contributed by atoms with Crippen molar-refractivity contribution >= 4 is 11.3 Å². The van der Waals surface area contributed by atoms with E-state index in [9.17, 15) is 0 Å². The summed E-state index contributed by atoms with van der Waals surface area (Å²) in [6, 6.07) is 0. The minimum absolute atomic E-state index is 0.0464. The number of thiazole rings is 1. The third-order valence-electron chi connectivity index (χ3n) is 4.21. The fraction of sp³-hybridized carbons (Fsp3) is 0.812. The summed E-state index contributed by atoms with van der Waals surface area (Å²) in [5.74, 6) is 0.479. The van der Waals surface area contributed by atoms with Gasteiger partial charge in [0.1, 0.15) is 5.01 Å². The van der Waals surface area contributed by atoms with Crippen LogP contribution in [0, 0.1) is 0 Å². The van der Waals surface area contributed by atoms with Crippen LogP contribution in [0.4, 0.5) is 0 Å². The first-order valence-corrected chi connectivity index (χ1v) is 8.80. The van der Waals surface area contributed by atoms with Crippen LogP contribution in [0.25, 0.3) is 0 Å². The molecule has 1 aliphatic rings. The Labute approximate surface area is 132 Å². The molecule has 0 saturated carbocycles. The standard InChI is InChI=1S/C16H28N2O2S/c1-5-13-10-16(6-8-20-13,17-7-9-19-4)15-18-14(11-21-15)12(2)3/h11-13,17H,5-10H2,1-4H3. The van der Waals surface area contributed by atoms with E-state index in [-0.39, 0.29) is 5.54 Å². The van der Waals surface area contributed by atoms with Gasteiger partial charge >= 0.3 is 0 Å². The lowest BCUT2D eigenvalue weighted by molar-refractivity contribution is -0.0336. The molecule has 120 valence electrons. The second-order valence-corrected chi connectivity index (χ2v) is 6.95. The second-order valence-electron chi connectivity index (χ2n) is 6.09. The van der Waals surface area contributed by atoms with E-state index in [0.717, 1.165) is 39.0 Å². The van der Waals surface area contributed by atoms with Gasteiger partial charge in [-0.2, -0.15) is 0 Å². The number of methoxy groups -OCH3 is 1. The molecule has 0 bridgehead atoms. The van der Waals surface area contributed by atoms with Crippen molar-refractivity contribution in [3.63, 3.8) is 0 Å². The Hall–Kier alpha value is -0.490. The predicted octanol–water partition coefficient (Wildman–Crippen LogP) is 3.29. The van der Waals surface area contributed by atoms with Crippen molar-refractivity contribution in [2.45, 2.75) is 57.6 Å². The molecule has 1 N–H and O–H groups in total. The molecule has 2 heterocycles. The highest BCUT2D eigenvalue weighted by Crippen LogP contribution is 2.38. The molecule has 1 aliphatic heterocycles. The van der Waals surface area contributed by atoms with Gasteiger partial charge in [-0.3, -0.25) is 0 Å². The molecule has 2 atom stereocenters. The Morgan fingerprint density at radius 1 is 1.57 bits per heavy atom. The third-order valence-corrected chi connectivity index (χ3v) is 5.27. The summed E-state index contributed by atoms with van der Waals surface area (Å²) in [6.45, 7) is 8.96. The van der Waals surface area contributed by atoms with Gasteiger partial charge in [0.05, 0.1) is 23.9 Å². The first-order chi connectivity index (χ1) is 10.1. The maximum Gasteiger partial charge on any atom is 0.113 e. The number of hydrogen-bond acceptors (Lipinski definition) is 5. The molecule has 1 aromatic heterocycles. The number of ether oxygens (including phenoxy) is 2. The summed E-state index contributed by atoms with van der Waals surface area (Å²) < 4.78 is 11.1. The first-order valence-electron chi connectivity index (χ1n) is 7.92. The van der Waals surface area contributed by atoms with Gasteiger partial charge in [-0.1, -0.05) is 20.8 Å². The number of rotatable bonds is 7. The highest BCUT2D eigenvalue weighted by atomic mass is 32.1. The second kappa shape index (κ2) is 7.68. The van der Waals surface area contributed by atoms with Crippen molar-refractivity contribution in [1.82, 2.24) is 10.3 Å². The molecular weight excluding hydrogens is 284 g/mol. The lowest BCUT2D eigenvalue weighted by Gasteiger charge is -2.40. The van der Waals surface area contributed by atoms with Crippen LogP contribution in [0.1, 0.15) is 56.7 Å². The van der Waals surface area contributed by atoms with Crippen LogP contribution in [0.3, 0.4) is 0 Å². The first kappa shape index (κ1) is 16.9. The lowest BCUT2D eigenvalue weighted by atomic mass is 9.86. The van der Waals surface area contributed by atoms with Crippen LogP contribution in [0.5, 0.6) is 0 Å². The molecule has 0 radical (unpaired) electrons. The molecule has 1 fully saturated rings. The summed E-state index contributed by atoms with van der Waals surface area (Å²) in [5.41, 5.74) is 1.15. The summed E-state index contributed by atoms with van der Waals surface area (Å²) in [5, 5.41) is 7.13. The van der Waals surface area contributed by atoms with E-state index in [1.54, 1.807) is 18.4 Å². The fourth-order valence-corrected chi connectivity index (χ4v) is 4.00. The van der Waals surface area contributed by atoms with Gasteiger partial charge in [-0.25, -0.2) is 4.98 Å². The number of nitrogens with one attached hydrogen (secondary N) is 1. The van der Waals surface area contributed by atoms with Gasteiger partial charge in [-0.15, -0.1) is 11.3 Å². The highest BCUT2D eigenvalue weighted by molar-refractivity contribution is 7.09. The molecule has 0 aliphatic carbocycles. The Balaban J connectivity index is 2.21. The normalized spacial score (nSPS) is 26.4. The third kappa shape index (κ3) is 4.03. The molecule has 0 amide bonds. The average molecular weight is 312 g/mol. The molecule has 1 saturated heterocycles. The van der Waals surface area contributed by atoms with E-state index >= 15 is 0 Å². The van der Waals surface area contributed by atoms with Gasteiger partial charge in [0, 0.05) is 25.6 Å². The molecule has 2 rings (SSSR count). The van der Waals surface area contributed by atoms with Crippen molar-refractivity contribution in [2.24, 2.45) is 0 Å². The zero-order valence-corrected chi connectivity index (χ0v) is 14.5. The Morgan fingerprint density at radius 3 is 3.00 bits per heavy atom.